The largest absolute Gasteiger partial charge is 0.394 e. The van der Waals surface area contributed by atoms with Gasteiger partial charge in [-0.15, -0.1) is 0 Å². The molecule has 0 saturated carbocycles. The normalized spacial score (nSPS) is 14.2. The number of carbonyl (C=O) groups is 1. The molecule has 4 N–H and O–H groups in total. The second-order valence-electron chi connectivity index (χ2n) is 13.5. The number of amides is 1. The fourth-order valence-corrected chi connectivity index (χ4v) is 5.76. The second-order valence-corrected chi connectivity index (χ2v) is 13.5. The molecule has 0 aliphatic rings. The lowest BCUT2D eigenvalue weighted by molar-refractivity contribution is -0.124. The number of rotatable bonds is 35. The van der Waals surface area contributed by atoms with Gasteiger partial charge in [0.05, 0.1) is 18.8 Å². The van der Waals surface area contributed by atoms with Crippen LogP contribution in [0.3, 0.4) is 0 Å². The summed E-state index contributed by atoms with van der Waals surface area (Å²) in [5, 5.41) is 33.4. The van der Waals surface area contributed by atoms with Gasteiger partial charge < -0.3 is 20.6 Å². The van der Waals surface area contributed by atoms with Crippen LogP contribution in [0.4, 0.5) is 0 Å². The highest BCUT2D eigenvalue weighted by Crippen LogP contribution is 2.13. The van der Waals surface area contributed by atoms with E-state index >= 15 is 0 Å². The van der Waals surface area contributed by atoms with Crippen LogP contribution in [0.5, 0.6) is 0 Å². The Morgan fingerprint density at radius 3 is 1.47 bits per heavy atom. The van der Waals surface area contributed by atoms with Gasteiger partial charge in [-0.25, -0.2) is 0 Å². The Kier molecular flexibility index (Phi) is 35.8. The van der Waals surface area contributed by atoms with E-state index < -0.39 is 18.2 Å². The quantitative estimate of drug-likeness (QED) is 0.0310. The summed E-state index contributed by atoms with van der Waals surface area (Å²) in [7, 11) is 0. The first-order valence-electron chi connectivity index (χ1n) is 19.9. The zero-order valence-corrected chi connectivity index (χ0v) is 30.9. The van der Waals surface area contributed by atoms with Crippen LogP contribution < -0.4 is 5.32 Å². The van der Waals surface area contributed by atoms with Crippen LogP contribution in [0.15, 0.2) is 48.6 Å². The molecule has 0 bridgehead atoms. The lowest BCUT2D eigenvalue weighted by Gasteiger charge is -2.26. The highest BCUT2D eigenvalue weighted by Gasteiger charge is 2.26. The average molecular weight is 660 g/mol. The molecule has 0 aromatic carbocycles. The lowest BCUT2D eigenvalue weighted by Crippen LogP contribution is -2.50. The fourth-order valence-electron chi connectivity index (χ4n) is 5.76. The summed E-state index contributed by atoms with van der Waals surface area (Å²) in [6.45, 7) is 4.11. The number of aliphatic hydroxyl groups excluding tert-OH is 3. The van der Waals surface area contributed by atoms with Crippen molar-refractivity contribution in [1.29, 1.82) is 0 Å². The molecule has 0 aliphatic heterocycles. The van der Waals surface area contributed by atoms with Crippen molar-refractivity contribution in [3.8, 4) is 0 Å². The van der Waals surface area contributed by atoms with E-state index in [0.717, 1.165) is 51.4 Å². The number of allylic oxidation sites excluding steroid dienone is 8. The van der Waals surface area contributed by atoms with E-state index in [1.807, 2.05) is 0 Å². The summed E-state index contributed by atoms with van der Waals surface area (Å²) in [4.78, 5) is 12.4. The molecule has 1 amide bonds. The maximum absolute atomic E-state index is 12.4. The molecular formula is C42H77NO4. The van der Waals surface area contributed by atoms with Crippen molar-refractivity contribution >= 4 is 5.91 Å². The average Bonchev–Trinajstić information content (AvgIpc) is 3.07. The minimum Gasteiger partial charge on any atom is -0.394 e. The van der Waals surface area contributed by atoms with Crippen LogP contribution in [0, 0.1) is 0 Å². The summed E-state index contributed by atoms with van der Waals surface area (Å²) in [5.41, 5.74) is 0. The molecule has 0 aromatic rings. The van der Waals surface area contributed by atoms with Gasteiger partial charge in [0.2, 0.25) is 5.91 Å². The Bertz CT molecular complexity index is 775. The monoisotopic (exact) mass is 660 g/mol. The molecular weight excluding hydrogens is 582 g/mol. The highest BCUT2D eigenvalue weighted by molar-refractivity contribution is 5.76. The molecule has 0 spiro atoms. The van der Waals surface area contributed by atoms with Gasteiger partial charge in [-0.05, 0) is 77.0 Å². The predicted molar refractivity (Wildman–Crippen MR) is 204 cm³/mol. The molecule has 47 heavy (non-hydrogen) atoms. The third kappa shape index (κ3) is 32.6. The number of hydrogen-bond acceptors (Lipinski definition) is 4. The van der Waals surface area contributed by atoms with Gasteiger partial charge in [-0.3, -0.25) is 4.79 Å². The SMILES string of the molecule is CCCCC/C=C\C=C/CCCCCCCCC(=O)NC(CO)C(O)C(O)CCC/C=C/CC/C=C/CCCCCCCCCCC. The number of carbonyl (C=O) groups excluding carboxylic acids is 1. The van der Waals surface area contributed by atoms with Crippen LogP contribution in [0.25, 0.3) is 0 Å². The maximum Gasteiger partial charge on any atom is 0.220 e. The first-order chi connectivity index (χ1) is 23.1. The molecule has 3 unspecified atom stereocenters. The topological polar surface area (TPSA) is 89.8 Å². The van der Waals surface area contributed by atoms with Crippen LogP contribution in [-0.4, -0.2) is 46.1 Å². The molecule has 3 atom stereocenters. The summed E-state index contributed by atoms with van der Waals surface area (Å²) in [5.74, 6) is -0.173. The summed E-state index contributed by atoms with van der Waals surface area (Å²) < 4.78 is 0. The number of unbranched alkanes of at least 4 members (excludes halogenated alkanes) is 20. The van der Waals surface area contributed by atoms with E-state index in [1.54, 1.807) is 0 Å². The van der Waals surface area contributed by atoms with E-state index in [4.69, 9.17) is 0 Å². The van der Waals surface area contributed by atoms with Gasteiger partial charge in [0.25, 0.3) is 0 Å². The van der Waals surface area contributed by atoms with Crippen LogP contribution in [0.2, 0.25) is 0 Å². The van der Waals surface area contributed by atoms with Crippen molar-refractivity contribution in [2.24, 2.45) is 0 Å². The Hall–Kier alpha value is -1.69. The van der Waals surface area contributed by atoms with Gasteiger partial charge in [0.15, 0.2) is 0 Å². The smallest absolute Gasteiger partial charge is 0.220 e. The number of aliphatic hydroxyl groups is 3. The van der Waals surface area contributed by atoms with Gasteiger partial charge in [-0.2, -0.15) is 0 Å². The second kappa shape index (κ2) is 37.1. The molecule has 0 aliphatic carbocycles. The number of hydrogen-bond donors (Lipinski definition) is 4. The van der Waals surface area contributed by atoms with Crippen molar-refractivity contribution in [1.82, 2.24) is 5.32 Å². The Morgan fingerprint density at radius 2 is 0.936 bits per heavy atom. The van der Waals surface area contributed by atoms with Crippen molar-refractivity contribution in [2.45, 2.75) is 205 Å². The predicted octanol–water partition coefficient (Wildman–Crippen LogP) is 11.0. The molecule has 0 fully saturated rings. The van der Waals surface area contributed by atoms with Crippen LogP contribution >= 0.6 is 0 Å². The van der Waals surface area contributed by atoms with Crippen molar-refractivity contribution in [3.05, 3.63) is 48.6 Å². The third-order valence-corrected chi connectivity index (χ3v) is 8.91. The Balaban J connectivity index is 3.78. The highest BCUT2D eigenvalue weighted by atomic mass is 16.3. The van der Waals surface area contributed by atoms with Crippen molar-refractivity contribution in [3.63, 3.8) is 0 Å². The number of nitrogens with one attached hydrogen (secondary N) is 1. The Labute approximate surface area is 291 Å². The van der Waals surface area contributed by atoms with Crippen LogP contribution in [-0.2, 0) is 4.79 Å². The summed E-state index contributed by atoms with van der Waals surface area (Å²) in [6.07, 6.45) is 46.3. The lowest BCUT2D eigenvalue weighted by atomic mass is 10.0. The van der Waals surface area contributed by atoms with Gasteiger partial charge in [0, 0.05) is 6.42 Å². The standard InChI is InChI=1S/C42H77NO4/c1-3-5-7-9-11-13-15-17-19-20-21-23-24-26-28-30-32-34-36-40(45)42(47)39(38-44)43-41(46)37-35-33-31-29-27-25-22-18-16-14-12-10-8-6-4-2/h12,14,16,18,21,23,28,30,39-40,42,44-45,47H,3-11,13,15,17,19-20,22,24-27,29,31-38H2,1-2H3,(H,43,46)/b14-12-,18-16-,23-21+,30-28+. The van der Waals surface area contributed by atoms with E-state index in [0.29, 0.717) is 12.8 Å². The minimum atomic E-state index is -1.17. The zero-order chi connectivity index (χ0) is 34.5. The van der Waals surface area contributed by atoms with Crippen molar-refractivity contribution in [2.75, 3.05) is 6.61 Å². The van der Waals surface area contributed by atoms with E-state index in [9.17, 15) is 20.1 Å². The van der Waals surface area contributed by atoms with E-state index in [2.05, 4.69) is 67.8 Å². The molecule has 0 radical (unpaired) electrons. The van der Waals surface area contributed by atoms with Crippen LogP contribution in [0.1, 0.15) is 187 Å². The summed E-state index contributed by atoms with van der Waals surface area (Å²) in [6, 6.07) is -0.838. The summed E-state index contributed by atoms with van der Waals surface area (Å²) >= 11 is 0. The molecule has 0 aromatic heterocycles. The van der Waals surface area contributed by atoms with Gasteiger partial charge in [0.1, 0.15) is 6.10 Å². The molecule has 5 nitrogen and oxygen atoms in total. The van der Waals surface area contributed by atoms with Gasteiger partial charge in [-0.1, -0.05) is 152 Å². The Morgan fingerprint density at radius 1 is 0.532 bits per heavy atom. The zero-order valence-electron chi connectivity index (χ0n) is 30.9. The minimum absolute atomic E-state index is 0.173. The van der Waals surface area contributed by atoms with E-state index in [1.165, 1.54) is 109 Å². The first-order valence-corrected chi connectivity index (χ1v) is 19.9. The maximum atomic E-state index is 12.4. The molecule has 0 rings (SSSR count). The molecule has 0 saturated heterocycles. The molecule has 5 heteroatoms. The van der Waals surface area contributed by atoms with Gasteiger partial charge >= 0.3 is 0 Å². The third-order valence-electron chi connectivity index (χ3n) is 8.91. The molecule has 274 valence electrons. The van der Waals surface area contributed by atoms with Crippen molar-refractivity contribution < 1.29 is 20.1 Å². The molecule has 0 heterocycles. The fraction of sp³-hybridized carbons (Fsp3) is 0.786. The van der Waals surface area contributed by atoms with E-state index in [-0.39, 0.29) is 12.5 Å². The first kappa shape index (κ1) is 45.3.